The molecule has 0 unspecified atom stereocenters. The van der Waals surface area contributed by atoms with E-state index in [1.165, 1.54) is 80.9 Å². The molecule has 2 heterocycles. The highest BCUT2D eigenvalue weighted by Crippen LogP contribution is 2.46. The van der Waals surface area contributed by atoms with Crippen LogP contribution >= 0.6 is 11.3 Å². The summed E-state index contributed by atoms with van der Waals surface area (Å²) in [5.74, 6) is 0. The molecule has 0 aliphatic heterocycles. The number of aromatic nitrogens is 1. The third kappa shape index (κ3) is 6.33. The number of nitrogens with zero attached hydrogens (tertiary/aromatic N) is 2. The van der Waals surface area contributed by atoms with Crippen molar-refractivity contribution < 1.29 is 0 Å². The maximum absolute atomic E-state index is 2.43. The Morgan fingerprint density at radius 3 is 1.44 bits per heavy atom. The summed E-state index contributed by atoms with van der Waals surface area (Å²) >= 11 is 1.87. The Morgan fingerprint density at radius 2 is 0.762 bits per heavy atom. The molecule has 63 heavy (non-hydrogen) atoms. The summed E-state index contributed by atoms with van der Waals surface area (Å²) in [4.78, 5) is 2.43. The fraction of sp³-hybridized carbons (Fsp3) is 0. The highest BCUT2D eigenvalue weighted by molar-refractivity contribution is 7.26. The first-order chi connectivity index (χ1) is 31.3. The van der Waals surface area contributed by atoms with Crippen LogP contribution in [0.4, 0.5) is 17.1 Å². The van der Waals surface area contributed by atoms with Gasteiger partial charge in [-0.15, -0.1) is 11.3 Å². The second-order valence-corrected chi connectivity index (χ2v) is 17.1. The van der Waals surface area contributed by atoms with Gasteiger partial charge < -0.3 is 9.47 Å². The van der Waals surface area contributed by atoms with E-state index in [2.05, 4.69) is 252 Å². The minimum atomic E-state index is 1.08. The van der Waals surface area contributed by atoms with E-state index in [9.17, 15) is 0 Å². The molecule has 12 aromatic rings. The van der Waals surface area contributed by atoms with E-state index < -0.39 is 0 Å². The lowest BCUT2D eigenvalue weighted by Crippen LogP contribution is -2.11. The third-order valence-electron chi connectivity index (χ3n) is 12.5. The lowest BCUT2D eigenvalue weighted by molar-refractivity contribution is 1.17. The van der Waals surface area contributed by atoms with Crippen molar-refractivity contribution in [1.82, 2.24) is 4.57 Å². The quantitative estimate of drug-likeness (QED) is 0.148. The van der Waals surface area contributed by atoms with Gasteiger partial charge in [-0.3, -0.25) is 0 Å². The number of para-hydroxylation sites is 3. The number of thiophene rings is 1. The molecule has 0 radical (unpaired) electrons. The highest BCUT2D eigenvalue weighted by atomic mass is 32.1. The van der Waals surface area contributed by atoms with Crippen molar-refractivity contribution in [2.45, 2.75) is 0 Å². The minimum absolute atomic E-state index is 1.08. The van der Waals surface area contributed by atoms with Crippen molar-refractivity contribution in [2.75, 3.05) is 4.90 Å². The number of benzene rings is 10. The van der Waals surface area contributed by atoms with Gasteiger partial charge in [-0.2, -0.15) is 0 Å². The molecule has 10 aromatic carbocycles. The first-order valence-corrected chi connectivity index (χ1v) is 22.3. The number of fused-ring (bicyclic) bond motifs is 6. The van der Waals surface area contributed by atoms with Gasteiger partial charge in [0.1, 0.15) is 0 Å². The second-order valence-electron chi connectivity index (χ2n) is 16.0. The Bertz CT molecular complexity index is 3560. The average molecular weight is 821 g/mol. The predicted molar refractivity (Wildman–Crippen MR) is 270 cm³/mol. The lowest BCUT2D eigenvalue weighted by atomic mass is 9.88. The third-order valence-corrected chi connectivity index (χ3v) is 13.7. The summed E-state index contributed by atoms with van der Waals surface area (Å²) in [6, 6.07) is 88.3. The minimum Gasteiger partial charge on any atom is -0.310 e. The lowest BCUT2D eigenvalue weighted by Gasteiger charge is -2.29. The summed E-state index contributed by atoms with van der Waals surface area (Å²) in [5.41, 5.74) is 16.4. The van der Waals surface area contributed by atoms with Gasteiger partial charge in [0.25, 0.3) is 0 Å². The molecule has 0 saturated carbocycles. The largest absolute Gasteiger partial charge is 0.310 e. The molecule has 0 aliphatic carbocycles. The first-order valence-electron chi connectivity index (χ1n) is 21.5. The fourth-order valence-corrected chi connectivity index (χ4v) is 10.8. The van der Waals surface area contributed by atoms with Crippen LogP contribution in [0.5, 0.6) is 0 Å². The Labute approximate surface area is 370 Å². The molecule has 0 spiro atoms. The van der Waals surface area contributed by atoms with Gasteiger partial charge >= 0.3 is 0 Å². The molecule has 0 fully saturated rings. The molecule has 12 rings (SSSR count). The summed E-state index contributed by atoms with van der Waals surface area (Å²) < 4.78 is 5.02. The molecule has 2 nitrogen and oxygen atoms in total. The number of hydrogen-bond acceptors (Lipinski definition) is 2. The van der Waals surface area contributed by atoms with Crippen LogP contribution in [0.15, 0.2) is 243 Å². The zero-order chi connectivity index (χ0) is 41.7. The van der Waals surface area contributed by atoms with Crippen LogP contribution in [0.1, 0.15) is 0 Å². The standard InChI is InChI=1S/C60H40N2S/c1-2-17-41(18-3-1)46-19-4-5-20-48(46)49-21-6-7-22-50(49)51-23-8-12-29-56(51)61(43-35-33-42(34-36-43)47-27-16-28-55-54-26-11-15-32-59(54)63-60(47)55)44-37-39-45(40-38-44)62-57-30-13-9-24-52(57)53-25-10-14-31-58(53)62/h1-40H. The molecule has 0 bridgehead atoms. The van der Waals surface area contributed by atoms with Crippen LogP contribution in [0.2, 0.25) is 0 Å². The van der Waals surface area contributed by atoms with Crippen LogP contribution in [0.3, 0.4) is 0 Å². The Balaban J connectivity index is 1.03. The van der Waals surface area contributed by atoms with Gasteiger partial charge in [-0.25, -0.2) is 0 Å². The van der Waals surface area contributed by atoms with E-state index in [1.54, 1.807) is 0 Å². The van der Waals surface area contributed by atoms with Crippen molar-refractivity contribution in [2.24, 2.45) is 0 Å². The van der Waals surface area contributed by atoms with E-state index in [-0.39, 0.29) is 0 Å². The molecule has 0 aliphatic rings. The molecule has 0 N–H and O–H groups in total. The molecule has 0 amide bonds. The van der Waals surface area contributed by atoms with E-state index in [1.807, 2.05) is 11.3 Å². The van der Waals surface area contributed by atoms with Gasteiger partial charge in [-0.1, -0.05) is 182 Å². The topological polar surface area (TPSA) is 8.17 Å². The van der Waals surface area contributed by atoms with E-state index in [0.29, 0.717) is 0 Å². The van der Waals surface area contributed by atoms with E-state index in [0.717, 1.165) is 28.3 Å². The van der Waals surface area contributed by atoms with Gasteiger partial charge in [0.2, 0.25) is 0 Å². The monoisotopic (exact) mass is 820 g/mol. The average Bonchev–Trinajstić information content (AvgIpc) is 3.91. The Hall–Kier alpha value is -7.98. The number of rotatable bonds is 8. The van der Waals surface area contributed by atoms with E-state index >= 15 is 0 Å². The van der Waals surface area contributed by atoms with Crippen LogP contribution in [-0.2, 0) is 0 Å². The zero-order valence-corrected chi connectivity index (χ0v) is 35.2. The Kier molecular flexibility index (Phi) is 9.06. The normalized spacial score (nSPS) is 11.5. The summed E-state index contributed by atoms with van der Waals surface area (Å²) in [7, 11) is 0. The Morgan fingerprint density at radius 1 is 0.302 bits per heavy atom. The SMILES string of the molecule is c1ccc(-c2ccccc2-c2ccccc2-c2ccccc2N(c2ccc(-c3cccc4c3sc3ccccc34)cc2)c2ccc(-n3c4ccccc4c4ccccc43)cc2)cc1. The van der Waals surface area contributed by atoms with Crippen LogP contribution < -0.4 is 4.90 Å². The zero-order valence-electron chi connectivity index (χ0n) is 34.4. The highest BCUT2D eigenvalue weighted by Gasteiger charge is 2.21. The molecule has 2 aromatic heterocycles. The maximum atomic E-state index is 2.43. The van der Waals surface area contributed by atoms with Crippen molar-refractivity contribution in [3.8, 4) is 50.2 Å². The molecular weight excluding hydrogens is 781 g/mol. The molecular formula is C60H40N2S. The number of hydrogen-bond donors (Lipinski definition) is 0. The molecule has 3 heteroatoms. The van der Waals surface area contributed by atoms with Crippen LogP contribution in [-0.4, -0.2) is 4.57 Å². The van der Waals surface area contributed by atoms with Gasteiger partial charge in [0, 0.05) is 53.6 Å². The molecule has 0 saturated heterocycles. The number of anilines is 3. The summed E-state index contributed by atoms with van der Waals surface area (Å²) in [5, 5.41) is 5.14. The molecule has 296 valence electrons. The van der Waals surface area contributed by atoms with Crippen molar-refractivity contribution in [3.63, 3.8) is 0 Å². The van der Waals surface area contributed by atoms with Crippen LogP contribution in [0.25, 0.3) is 92.2 Å². The molecule has 0 atom stereocenters. The smallest absolute Gasteiger partial charge is 0.0541 e. The summed E-state index contributed by atoms with van der Waals surface area (Å²) in [6.07, 6.45) is 0. The van der Waals surface area contributed by atoms with Crippen molar-refractivity contribution >= 4 is 70.4 Å². The van der Waals surface area contributed by atoms with Crippen LogP contribution in [0, 0.1) is 0 Å². The first kappa shape index (κ1) is 36.8. The van der Waals surface area contributed by atoms with E-state index in [4.69, 9.17) is 0 Å². The fourth-order valence-electron chi connectivity index (χ4n) is 9.58. The van der Waals surface area contributed by atoms with Gasteiger partial charge in [0.15, 0.2) is 0 Å². The van der Waals surface area contributed by atoms with Crippen molar-refractivity contribution in [3.05, 3.63) is 243 Å². The predicted octanol–water partition coefficient (Wildman–Crippen LogP) is 17.3. The van der Waals surface area contributed by atoms with Crippen molar-refractivity contribution in [1.29, 1.82) is 0 Å². The van der Waals surface area contributed by atoms with Gasteiger partial charge in [0.05, 0.1) is 16.7 Å². The van der Waals surface area contributed by atoms with Gasteiger partial charge in [-0.05, 0) is 99.6 Å². The maximum Gasteiger partial charge on any atom is 0.0541 e. The second kappa shape index (κ2) is 15.5. The summed E-state index contributed by atoms with van der Waals surface area (Å²) in [6.45, 7) is 0.